The fraction of sp³-hybridized carbons (Fsp3) is 0. The Morgan fingerprint density at radius 1 is 1.05 bits per heavy atom. The molecule has 2 aromatic heterocycles. The highest BCUT2D eigenvalue weighted by atomic mass is 79.9. The third kappa shape index (κ3) is 2.48. The number of pyridine rings is 1. The minimum absolute atomic E-state index is 0.198. The Hall–Kier alpha value is -2.21. The lowest BCUT2D eigenvalue weighted by molar-refractivity contribution is 0.432. The average Bonchev–Trinajstić information content (AvgIpc) is 2.89. The highest BCUT2D eigenvalue weighted by Gasteiger charge is 2.11. The molecule has 5 nitrogen and oxygen atoms in total. The number of hydrogen-bond donors (Lipinski definition) is 1. The summed E-state index contributed by atoms with van der Waals surface area (Å²) in [5.74, 6) is 1.07. The van der Waals surface area contributed by atoms with E-state index in [0.717, 1.165) is 15.6 Å². The maximum Gasteiger partial charge on any atom is 0.259 e. The summed E-state index contributed by atoms with van der Waals surface area (Å²) in [5.41, 5.74) is 1.52. The molecule has 0 aliphatic carbocycles. The van der Waals surface area contributed by atoms with Gasteiger partial charge >= 0.3 is 0 Å². The van der Waals surface area contributed by atoms with E-state index in [1.165, 1.54) is 0 Å². The Labute approximate surface area is 117 Å². The fourth-order valence-electron chi connectivity index (χ4n) is 1.60. The van der Waals surface area contributed by atoms with E-state index in [9.17, 15) is 5.11 Å². The first-order valence-electron chi connectivity index (χ1n) is 5.46. The summed E-state index contributed by atoms with van der Waals surface area (Å²) in [4.78, 5) is 8.35. The number of phenols is 1. The molecule has 0 amide bonds. The van der Waals surface area contributed by atoms with Crippen LogP contribution >= 0.6 is 15.9 Å². The first-order valence-corrected chi connectivity index (χ1v) is 6.26. The molecule has 6 heteroatoms. The Balaban J connectivity index is 1.97. The second kappa shape index (κ2) is 4.81. The number of aromatic nitrogens is 3. The van der Waals surface area contributed by atoms with Crippen LogP contribution in [-0.4, -0.2) is 20.2 Å². The summed E-state index contributed by atoms with van der Waals surface area (Å²) < 4.78 is 6.05. The minimum Gasteiger partial charge on any atom is -0.508 e. The third-order valence-corrected chi connectivity index (χ3v) is 2.94. The Bertz CT molecular complexity index is 710. The quantitative estimate of drug-likeness (QED) is 0.785. The molecule has 0 aliphatic rings. The minimum atomic E-state index is 0.198. The van der Waals surface area contributed by atoms with Crippen LogP contribution < -0.4 is 0 Å². The summed E-state index contributed by atoms with van der Waals surface area (Å²) in [6.07, 6.45) is 3.33. The highest BCUT2D eigenvalue weighted by Crippen LogP contribution is 2.24. The highest BCUT2D eigenvalue weighted by molar-refractivity contribution is 9.10. The zero-order chi connectivity index (χ0) is 13.2. The van der Waals surface area contributed by atoms with Gasteiger partial charge in [0.25, 0.3) is 5.89 Å². The zero-order valence-electron chi connectivity index (χ0n) is 9.62. The van der Waals surface area contributed by atoms with Gasteiger partial charge in [-0.15, -0.1) is 0 Å². The van der Waals surface area contributed by atoms with Crippen molar-refractivity contribution in [2.45, 2.75) is 0 Å². The van der Waals surface area contributed by atoms with Gasteiger partial charge < -0.3 is 9.63 Å². The standard InChI is InChI=1S/C13H8BrN3O2/c14-10-5-9(6-15-7-10)13-16-12(17-19-13)8-1-3-11(18)4-2-8/h1-7,18H. The molecule has 0 atom stereocenters. The number of aromatic hydroxyl groups is 1. The molecule has 1 aromatic carbocycles. The van der Waals surface area contributed by atoms with Crippen LogP contribution in [0.2, 0.25) is 0 Å². The average molecular weight is 318 g/mol. The van der Waals surface area contributed by atoms with Crippen molar-refractivity contribution in [1.82, 2.24) is 15.1 Å². The molecule has 0 fully saturated rings. The van der Waals surface area contributed by atoms with E-state index in [0.29, 0.717) is 11.7 Å². The second-order valence-electron chi connectivity index (χ2n) is 3.86. The monoisotopic (exact) mass is 317 g/mol. The second-order valence-corrected chi connectivity index (χ2v) is 4.78. The molecule has 94 valence electrons. The van der Waals surface area contributed by atoms with Gasteiger partial charge in [-0.3, -0.25) is 4.98 Å². The van der Waals surface area contributed by atoms with Crippen molar-refractivity contribution in [3.63, 3.8) is 0 Å². The molecule has 3 rings (SSSR count). The number of nitrogens with zero attached hydrogens (tertiary/aromatic N) is 3. The molecule has 0 unspecified atom stereocenters. The maximum atomic E-state index is 9.24. The zero-order valence-corrected chi connectivity index (χ0v) is 11.2. The Kier molecular flexibility index (Phi) is 3.00. The van der Waals surface area contributed by atoms with E-state index < -0.39 is 0 Å². The number of hydrogen-bond acceptors (Lipinski definition) is 5. The van der Waals surface area contributed by atoms with Crippen molar-refractivity contribution < 1.29 is 9.63 Å². The van der Waals surface area contributed by atoms with Crippen LogP contribution in [0.25, 0.3) is 22.8 Å². The summed E-state index contributed by atoms with van der Waals surface area (Å²) >= 11 is 3.34. The number of halogens is 1. The summed E-state index contributed by atoms with van der Waals surface area (Å²) in [5, 5.41) is 13.2. The van der Waals surface area contributed by atoms with Crippen LogP contribution in [-0.2, 0) is 0 Å². The van der Waals surface area contributed by atoms with Crippen LogP contribution in [0.3, 0.4) is 0 Å². The van der Waals surface area contributed by atoms with Crippen molar-refractivity contribution in [2.24, 2.45) is 0 Å². The van der Waals surface area contributed by atoms with Gasteiger partial charge in [-0.25, -0.2) is 0 Å². The lowest BCUT2D eigenvalue weighted by Crippen LogP contribution is -1.82. The Morgan fingerprint density at radius 3 is 2.58 bits per heavy atom. The largest absolute Gasteiger partial charge is 0.508 e. The van der Waals surface area contributed by atoms with Gasteiger partial charge in [0.15, 0.2) is 0 Å². The normalized spacial score (nSPS) is 10.6. The van der Waals surface area contributed by atoms with E-state index in [1.807, 2.05) is 6.07 Å². The van der Waals surface area contributed by atoms with Gasteiger partial charge in [0.05, 0.1) is 5.56 Å². The van der Waals surface area contributed by atoms with E-state index in [4.69, 9.17) is 4.52 Å². The van der Waals surface area contributed by atoms with Gasteiger partial charge in [-0.05, 0) is 46.3 Å². The van der Waals surface area contributed by atoms with Crippen molar-refractivity contribution in [3.05, 3.63) is 47.2 Å². The van der Waals surface area contributed by atoms with Crippen LogP contribution in [0.1, 0.15) is 0 Å². The molecule has 0 bridgehead atoms. The van der Waals surface area contributed by atoms with Gasteiger partial charge in [-0.2, -0.15) is 4.98 Å². The van der Waals surface area contributed by atoms with Crippen molar-refractivity contribution in [1.29, 1.82) is 0 Å². The van der Waals surface area contributed by atoms with Crippen LogP contribution in [0.4, 0.5) is 0 Å². The topological polar surface area (TPSA) is 72.0 Å². The van der Waals surface area contributed by atoms with E-state index in [1.54, 1.807) is 36.7 Å². The maximum absolute atomic E-state index is 9.24. The van der Waals surface area contributed by atoms with Gasteiger partial charge in [0.2, 0.25) is 5.82 Å². The number of benzene rings is 1. The molecule has 3 aromatic rings. The van der Waals surface area contributed by atoms with E-state index in [-0.39, 0.29) is 5.75 Å². The Morgan fingerprint density at radius 2 is 1.84 bits per heavy atom. The third-order valence-electron chi connectivity index (χ3n) is 2.50. The predicted octanol–water partition coefficient (Wildman–Crippen LogP) is 3.27. The lowest BCUT2D eigenvalue weighted by atomic mass is 10.2. The van der Waals surface area contributed by atoms with Gasteiger partial charge in [0, 0.05) is 22.4 Å². The summed E-state index contributed by atoms with van der Waals surface area (Å²) in [7, 11) is 0. The first kappa shape index (κ1) is 11.9. The molecule has 0 saturated carbocycles. The number of rotatable bonds is 2. The molecule has 0 radical (unpaired) electrons. The smallest absolute Gasteiger partial charge is 0.259 e. The molecule has 0 saturated heterocycles. The molecule has 0 aliphatic heterocycles. The van der Waals surface area contributed by atoms with Gasteiger partial charge in [-0.1, -0.05) is 5.16 Å². The fourth-order valence-corrected chi connectivity index (χ4v) is 1.96. The molecular formula is C13H8BrN3O2. The van der Waals surface area contributed by atoms with Gasteiger partial charge in [0.1, 0.15) is 5.75 Å². The van der Waals surface area contributed by atoms with Crippen molar-refractivity contribution in [3.8, 4) is 28.6 Å². The molecular weight excluding hydrogens is 310 g/mol. The van der Waals surface area contributed by atoms with Crippen LogP contribution in [0, 0.1) is 0 Å². The van der Waals surface area contributed by atoms with E-state index in [2.05, 4.69) is 31.1 Å². The van der Waals surface area contributed by atoms with Crippen molar-refractivity contribution in [2.75, 3.05) is 0 Å². The summed E-state index contributed by atoms with van der Waals surface area (Å²) in [6.45, 7) is 0. The van der Waals surface area contributed by atoms with Crippen LogP contribution in [0.5, 0.6) is 5.75 Å². The van der Waals surface area contributed by atoms with Crippen LogP contribution in [0.15, 0.2) is 51.7 Å². The molecule has 1 N–H and O–H groups in total. The molecule has 2 heterocycles. The predicted molar refractivity (Wildman–Crippen MR) is 72.3 cm³/mol. The SMILES string of the molecule is Oc1ccc(-c2noc(-c3cncc(Br)c3)n2)cc1. The first-order chi connectivity index (χ1) is 9.22. The molecule has 19 heavy (non-hydrogen) atoms. The summed E-state index contributed by atoms with van der Waals surface area (Å²) in [6, 6.07) is 8.45. The number of phenolic OH excluding ortho intramolecular Hbond substituents is 1. The lowest BCUT2D eigenvalue weighted by Gasteiger charge is -1.94. The molecule has 0 spiro atoms. The van der Waals surface area contributed by atoms with Crippen molar-refractivity contribution >= 4 is 15.9 Å². The van der Waals surface area contributed by atoms with E-state index >= 15 is 0 Å².